The highest BCUT2D eigenvalue weighted by Gasteiger charge is 2.39. The van der Waals surface area contributed by atoms with Gasteiger partial charge in [-0.3, -0.25) is 0 Å². The van der Waals surface area contributed by atoms with Crippen molar-refractivity contribution in [2.24, 2.45) is 0 Å². The monoisotopic (exact) mass is 290 g/mol. The van der Waals surface area contributed by atoms with Crippen LogP contribution >= 0.6 is 11.6 Å². The molecule has 0 spiro atoms. The molecule has 0 atom stereocenters. The quantitative estimate of drug-likeness (QED) is 0.782. The van der Waals surface area contributed by atoms with Gasteiger partial charge in [0.25, 0.3) is 0 Å². The number of hydrogen-bond acceptors (Lipinski definition) is 4. The van der Waals surface area contributed by atoms with Crippen LogP contribution in [0.5, 0.6) is 0 Å². The van der Waals surface area contributed by atoms with Crippen LogP contribution in [0, 0.1) is 0 Å². The zero-order valence-corrected chi connectivity index (χ0v) is 9.74. The van der Waals surface area contributed by atoms with Crippen LogP contribution in [0.2, 0.25) is 5.15 Å². The van der Waals surface area contributed by atoms with E-state index in [0.29, 0.717) is 10.9 Å². The van der Waals surface area contributed by atoms with Crippen LogP contribution in [0.15, 0.2) is 24.4 Å². The summed E-state index contributed by atoms with van der Waals surface area (Å²) in [6.45, 7) is 0. The van der Waals surface area contributed by atoms with Crippen LogP contribution in [0.25, 0.3) is 5.82 Å². The third-order valence-electron chi connectivity index (χ3n) is 2.18. The van der Waals surface area contributed by atoms with E-state index < -0.39 is 23.4 Å². The number of rotatable bonds is 2. The van der Waals surface area contributed by atoms with Gasteiger partial charge in [0, 0.05) is 5.56 Å². The molecule has 2 rings (SSSR count). The lowest BCUT2D eigenvalue weighted by Crippen LogP contribution is -2.26. The number of carbonyl (C=O) groups excluding carboxylic acids is 1. The van der Waals surface area contributed by atoms with E-state index in [0.717, 1.165) is 0 Å². The summed E-state index contributed by atoms with van der Waals surface area (Å²) in [5, 5.41) is 14.0. The predicted molar refractivity (Wildman–Crippen MR) is 55.7 cm³/mol. The van der Waals surface area contributed by atoms with Crippen molar-refractivity contribution in [3.8, 4) is 5.82 Å². The molecule has 0 bridgehead atoms. The summed E-state index contributed by atoms with van der Waals surface area (Å²) in [4.78, 5) is 14.3. The lowest BCUT2D eigenvalue weighted by Gasteiger charge is -2.12. The molecule has 0 unspecified atom stereocenters. The first kappa shape index (κ1) is 13.3. The Hall–Kier alpha value is -2.09. The van der Waals surface area contributed by atoms with Crippen LogP contribution in [0.1, 0.15) is 16.1 Å². The highest BCUT2D eigenvalue weighted by Crippen LogP contribution is 2.33. The Morgan fingerprint density at radius 1 is 1.37 bits per heavy atom. The average Bonchev–Trinajstić information content (AvgIpc) is 2.73. The molecule has 2 aromatic rings. The number of pyridine rings is 1. The maximum absolute atomic E-state index is 12.9. The van der Waals surface area contributed by atoms with Gasteiger partial charge in [0.1, 0.15) is 5.15 Å². The van der Waals surface area contributed by atoms with Gasteiger partial charge in [0.2, 0.25) is 0 Å². The fourth-order valence-electron chi connectivity index (χ4n) is 1.46. The number of halogens is 4. The zero-order chi connectivity index (χ0) is 14.2. The first-order chi connectivity index (χ1) is 8.80. The number of aromatic nitrogens is 3. The molecule has 0 saturated carbocycles. The fourth-order valence-corrected chi connectivity index (χ4v) is 1.62. The molecule has 0 saturated heterocycles. The van der Waals surface area contributed by atoms with Crippen molar-refractivity contribution in [1.82, 2.24) is 14.8 Å². The summed E-state index contributed by atoms with van der Waals surface area (Å²) in [6.07, 6.45) is -4.36. The van der Waals surface area contributed by atoms with Crippen molar-refractivity contribution in [3.05, 3.63) is 40.8 Å². The van der Waals surface area contributed by atoms with Crippen molar-refractivity contribution < 1.29 is 23.1 Å². The number of aromatic carboxylic acids is 1. The van der Waals surface area contributed by atoms with E-state index in [4.69, 9.17) is 11.6 Å². The van der Waals surface area contributed by atoms with E-state index >= 15 is 0 Å². The van der Waals surface area contributed by atoms with E-state index in [2.05, 4.69) is 10.1 Å². The number of carboxylic acids is 1. The smallest absolute Gasteiger partial charge is 0.434 e. The Morgan fingerprint density at radius 3 is 2.58 bits per heavy atom. The van der Waals surface area contributed by atoms with Gasteiger partial charge >= 0.3 is 6.18 Å². The summed E-state index contributed by atoms with van der Waals surface area (Å²) in [7, 11) is 0. The van der Waals surface area contributed by atoms with Crippen molar-refractivity contribution >= 4 is 17.6 Å². The molecule has 0 radical (unpaired) electrons. The minimum Gasteiger partial charge on any atom is -0.545 e. The maximum atomic E-state index is 12.9. The molecule has 2 heterocycles. The second-order valence-electron chi connectivity index (χ2n) is 3.42. The summed E-state index contributed by atoms with van der Waals surface area (Å²) in [5.41, 5.74) is -2.53. The highest BCUT2D eigenvalue weighted by molar-refractivity contribution is 6.29. The van der Waals surface area contributed by atoms with Gasteiger partial charge in [0.15, 0.2) is 11.5 Å². The van der Waals surface area contributed by atoms with Gasteiger partial charge < -0.3 is 9.90 Å². The van der Waals surface area contributed by atoms with Gasteiger partial charge in [0.05, 0.1) is 12.2 Å². The average molecular weight is 291 g/mol. The van der Waals surface area contributed by atoms with Gasteiger partial charge in [-0.05, 0) is 12.1 Å². The SMILES string of the molecule is O=C([O-])c1cnn(-c2cccc(Cl)n2)c1C(F)(F)F. The maximum Gasteiger partial charge on any atom is 0.434 e. The third-order valence-corrected chi connectivity index (χ3v) is 2.39. The lowest BCUT2D eigenvalue weighted by atomic mass is 10.2. The molecule has 0 N–H and O–H groups in total. The number of alkyl halides is 3. The topological polar surface area (TPSA) is 70.8 Å². The van der Waals surface area contributed by atoms with Crippen molar-refractivity contribution in [3.63, 3.8) is 0 Å². The van der Waals surface area contributed by atoms with E-state index in [1.165, 1.54) is 18.2 Å². The summed E-state index contributed by atoms with van der Waals surface area (Å²) < 4.78 is 39.0. The molecule has 19 heavy (non-hydrogen) atoms. The molecule has 9 heteroatoms. The molecule has 100 valence electrons. The first-order valence-electron chi connectivity index (χ1n) is 4.80. The van der Waals surface area contributed by atoms with Crippen LogP contribution in [0.3, 0.4) is 0 Å². The Kier molecular flexibility index (Phi) is 3.19. The summed E-state index contributed by atoms with van der Waals surface area (Å²) in [5.74, 6) is -2.21. The largest absolute Gasteiger partial charge is 0.545 e. The fraction of sp³-hybridized carbons (Fsp3) is 0.100. The van der Waals surface area contributed by atoms with Gasteiger partial charge in [-0.15, -0.1) is 0 Å². The molecular formula is C10H4ClF3N3O2-. The normalized spacial score (nSPS) is 11.6. The third kappa shape index (κ3) is 2.53. The van der Waals surface area contributed by atoms with Crippen molar-refractivity contribution in [2.45, 2.75) is 6.18 Å². The van der Waals surface area contributed by atoms with Crippen LogP contribution in [0.4, 0.5) is 13.2 Å². The number of nitrogens with zero attached hydrogens (tertiary/aromatic N) is 3. The Balaban J connectivity index is 2.68. The molecule has 2 aromatic heterocycles. The summed E-state index contributed by atoms with van der Waals surface area (Å²) >= 11 is 5.57. The molecule has 0 fully saturated rings. The van der Waals surface area contributed by atoms with Crippen molar-refractivity contribution in [2.75, 3.05) is 0 Å². The molecule has 0 aliphatic rings. The Bertz CT molecular complexity index is 639. The molecule has 0 aromatic carbocycles. The summed E-state index contributed by atoms with van der Waals surface area (Å²) in [6, 6.07) is 3.94. The molecule has 0 amide bonds. The van der Waals surface area contributed by atoms with Crippen LogP contribution in [-0.4, -0.2) is 20.7 Å². The molecular weight excluding hydrogens is 287 g/mol. The Labute approximate surface area is 109 Å². The molecule has 0 aliphatic carbocycles. The number of hydrogen-bond donors (Lipinski definition) is 0. The van der Waals surface area contributed by atoms with Gasteiger partial charge in [-0.2, -0.15) is 18.3 Å². The second-order valence-corrected chi connectivity index (χ2v) is 3.81. The second kappa shape index (κ2) is 4.54. The zero-order valence-electron chi connectivity index (χ0n) is 8.98. The highest BCUT2D eigenvalue weighted by atomic mass is 35.5. The van der Waals surface area contributed by atoms with Gasteiger partial charge in [-0.25, -0.2) is 9.67 Å². The Morgan fingerprint density at radius 2 is 2.05 bits per heavy atom. The predicted octanol–water partition coefficient (Wildman–Crippen LogP) is 1.30. The van der Waals surface area contributed by atoms with Crippen molar-refractivity contribution in [1.29, 1.82) is 0 Å². The minimum atomic E-state index is -4.92. The van der Waals surface area contributed by atoms with Crippen LogP contribution < -0.4 is 5.11 Å². The first-order valence-corrected chi connectivity index (χ1v) is 5.18. The standard InChI is InChI=1S/C10H5ClF3N3O2/c11-6-2-1-3-7(16-6)17-8(10(12,13)14)5(4-15-17)9(18)19/h1-4H,(H,18,19)/p-1. The van der Waals surface area contributed by atoms with Gasteiger partial charge in [-0.1, -0.05) is 17.7 Å². The lowest BCUT2D eigenvalue weighted by molar-refractivity contribution is -0.255. The minimum absolute atomic E-state index is 0.0453. The molecule has 0 aliphatic heterocycles. The van der Waals surface area contributed by atoms with E-state index in [1.807, 2.05) is 0 Å². The number of carboxylic acid groups (broad SMARTS) is 1. The van der Waals surface area contributed by atoms with Crippen LogP contribution in [-0.2, 0) is 6.18 Å². The van der Waals surface area contributed by atoms with E-state index in [9.17, 15) is 23.1 Å². The molecule has 5 nitrogen and oxygen atoms in total. The number of carbonyl (C=O) groups is 1. The van der Waals surface area contributed by atoms with E-state index in [-0.39, 0.29) is 11.0 Å². The van der Waals surface area contributed by atoms with E-state index in [1.54, 1.807) is 0 Å².